The summed E-state index contributed by atoms with van der Waals surface area (Å²) >= 11 is 0. The van der Waals surface area contributed by atoms with Crippen LogP contribution in [0.2, 0.25) is 6.32 Å². The Morgan fingerprint density at radius 3 is 1.92 bits per heavy atom. The number of imidazole rings is 1. The molecule has 3 rings (SSSR count). The second kappa shape index (κ2) is 9.68. The van der Waals surface area contributed by atoms with Crippen LogP contribution >= 0.6 is 0 Å². The van der Waals surface area contributed by atoms with Gasteiger partial charge in [-0.05, 0) is 48.1 Å². The van der Waals surface area contributed by atoms with Crippen molar-refractivity contribution in [2.75, 3.05) is 0 Å². The number of H-pyrrole nitrogens is 1. The van der Waals surface area contributed by atoms with E-state index in [2.05, 4.69) is 85.3 Å². The highest BCUT2D eigenvalue weighted by molar-refractivity contribution is 6.10. The molecule has 0 amide bonds. The fourth-order valence-corrected chi connectivity index (χ4v) is 2.71. The molecule has 0 aliphatic carbocycles. The number of aryl methyl sites for hydroxylation is 3. The smallest absolute Gasteiger partial charge is 0.0921 e. The Kier molecular flexibility index (Phi) is 7.27. The molecule has 1 aromatic heterocycles. The van der Waals surface area contributed by atoms with Crippen molar-refractivity contribution in [1.82, 2.24) is 9.97 Å². The lowest BCUT2D eigenvalue weighted by atomic mass is 9.89. The Hall–Kier alpha value is -2.55. The van der Waals surface area contributed by atoms with Gasteiger partial charge in [-0.3, -0.25) is 0 Å². The van der Waals surface area contributed by atoms with Crippen LogP contribution in [0.25, 0.3) is 5.57 Å². The van der Waals surface area contributed by atoms with Crippen LogP contribution in [-0.2, 0) is 6.42 Å². The Bertz CT molecular complexity index is 757. The van der Waals surface area contributed by atoms with Gasteiger partial charge in [-0.15, -0.1) is 0 Å². The third kappa shape index (κ3) is 5.22. The SMILES string of the molecule is CCc1cnc[nH]1.[B]CC=C(c1ccccc1C)c1ccccc1C. The predicted octanol–water partition coefficient (Wildman–Crippen LogP) is 5.29. The molecule has 2 radical (unpaired) electrons. The zero-order chi connectivity index (χ0) is 18.1. The molecule has 2 nitrogen and oxygen atoms in total. The van der Waals surface area contributed by atoms with E-state index in [0.717, 1.165) is 6.42 Å². The van der Waals surface area contributed by atoms with Crippen LogP contribution in [0, 0.1) is 13.8 Å². The first-order chi connectivity index (χ1) is 12.2. The number of allylic oxidation sites excluding steroid dienone is 1. The minimum absolute atomic E-state index is 0.554. The summed E-state index contributed by atoms with van der Waals surface area (Å²) < 4.78 is 0. The lowest BCUT2D eigenvalue weighted by Crippen LogP contribution is -1.94. The first-order valence-corrected chi connectivity index (χ1v) is 8.66. The van der Waals surface area contributed by atoms with Gasteiger partial charge in [0.25, 0.3) is 0 Å². The van der Waals surface area contributed by atoms with E-state index >= 15 is 0 Å². The Labute approximate surface area is 152 Å². The first-order valence-electron chi connectivity index (χ1n) is 8.66. The molecule has 0 aliphatic heterocycles. The quantitative estimate of drug-likeness (QED) is 0.647. The molecule has 0 saturated carbocycles. The summed E-state index contributed by atoms with van der Waals surface area (Å²) in [6.07, 6.45) is 7.22. The fourth-order valence-electron chi connectivity index (χ4n) is 2.71. The van der Waals surface area contributed by atoms with E-state index in [4.69, 9.17) is 7.85 Å². The summed E-state index contributed by atoms with van der Waals surface area (Å²) in [7, 11) is 5.73. The van der Waals surface area contributed by atoms with E-state index in [9.17, 15) is 0 Å². The number of nitrogens with zero attached hydrogens (tertiary/aromatic N) is 1. The molecule has 0 fully saturated rings. The molecule has 0 spiro atoms. The molecule has 0 saturated heterocycles. The van der Waals surface area contributed by atoms with E-state index in [1.807, 2.05) is 6.20 Å². The Balaban J connectivity index is 0.000000269. The van der Waals surface area contributed by atoms with Crippen molar-refractivity contribution in [3.8, 4) is 0 Å². The van der Waals surface area contributed by atoms with Crippen LogP contribution in [0.1, 0.15) is 34.9 Å². The maximum atomic E-state index is 5.73. The third-order valence-corrected chi connectivity index (χ3v) is 4.13. The van der Waals surface area contributed by atoms with Gasteiger partial charge in [0.2, 0.25) is 0 Å². The fraction of sp³-hybridized carbons (Fsp3) is 0.227. The molecule has 3 aromatic rings. The van der Waals surface area contributed by atoms with Gasteiger partial charge < -0.3 is 4.98 Å². The zero-order valence-corrected chi connectivity index (χ0v) is 15.3. The molecular weight excluding hydrogens is 303 g/mol. The highest BCUT2D eigenvalue weighted by Crippen LogP contribution is 2.28. The largest absolute Gasteiger partial charge is 0.349 e. The van der Waals surface area contributed by atoms with Crippen LogP contribution < -0.4 is 0 Å². The number of hydrogen-bond acceptors (Lipinski definition) is 1. The first kappa shape index (κ1) is 18.8. The average molecular weight is 328 g/mol. The zero-order valence-electron chi connectivity index (χ0n) is 15.3. The summed E-state index contributed by atoms with van der Waals surface area (Å²) in [4.78, 5) is 6.81. The molecule has 0 unspecified atom stereocenters. The molecule has 1 N–H and O–H groups in total. The topological polar surface area (TPSA) is 28.7 Å². The summed E-state index contributed by atoms with van der Waals surface area (Å²) in [5.74, 6) is 0. The van der Waals surface area contributed by atoms with Gasteiger partial charge in [0.1, 0.15) is 0 Å². The summed E-state index contributed by atoms with van der Waals surface area (Å²) in [6.45, 7) is 6.36. The minimum Gasteiger partial charge on any atom is -0.349 e. The van der Waals surface area contributed by atoms with Crippen LogP contribution in [0.15, 0.2) is 67.1 Å². The molecule has 126 valence electrons. The van der Waals surface area contributed by atoms with Crippen LogP contribution in [0.5, 0.6) is 0 Å². The van der Waals surface area contributed by atoms with Crippen molar-refractivity contribution < 1.29 is 0 Å². The van der Waals surface area contributed by atoms with E-state index in [1.54, 1.807) is 6.33 Å². The van der Waals surface area contributed by atoms with E-state index < -0.39 is 0 Å². The van der Waals surface area contributed by atoms with Crippen molar-refractivity contribution in [2.45, 2.75) is 33.5 Å². The van der Waals surface area contributed by atoms with E-state index in [-0.39, 0.29) is 0 Å². The van der Waals surface area contributed by atoms with Gasteiger partial charge >= 0.3 is 0 Å². The third-order valence-electron chi connectivity index (χ3n) is 4.13. The molecule has 0 atom stereocenters. The van der Waals surface area contributed by atoms with Gasteiger partial charge in [-0.2, -0.15) is 0 Å². The monoisotopic (exact) mass is 328 g/mol. The van der Waals surface area contributed by atoms with Crippen molar-refractivity contribution in [1.29, 1.82) is 0 Å². The van der Waals surface area contributed by atoms with Crippen molar-refractivity contribution >= 4 is 13.4 Å². The molecule has 0 bridgehead atoms. The lowest BCUT2D eigenvalue weighted by molar-refractivity contribution is 1.06. The predicted molar refractivity (Wildman–Crippen MR) is 108 cm³/mol. The highest BCUT2D eigenvalue weighted by atomic mass is 14.8. The number of aromatic nitrogens is 2. The van der Waals surface area contributed by atoms with Crippen molar-refractivity contribution in [2.24, 2.45) is 0 Å². The van der Waals surface area contributed by atoms with E-state index in [1.165, 1.54) is 33.5 Å². The maximum absolute atomic E-state index is 5.73. The summed E-state index contributed by atoms with van der Waals surface area (Å²) in [6, 6.07) is 16.9. The highest BCUT2D eigenvalue weighted by Gasteiger charge is 2.08. The number of benzene rings is 2. The van der Waals surface area contributed by atoms with E-state index in [0.29, 0.717) is 6.32 Å². The standard InChI is InChI=1S/C17H17B.C5H8N2/c1-13-7-3-5-9-15(13)17(11-12-18)16-10-6-4-8-14(16)2;1-2-5-3-6-4-7-5/h3-11H,12H2,1-2H3;3-4H,2H2,1H3,(H,6,7). The Morgan fingerprint density at radius 1 is 1.00 bits per heavy atom. The number of aromatic amines is 1. The second-order valence-corrected chi connectivity index (χ2v) is 5.91. The number of hydrogen-bond donors (Lipinski definition) is 1. The molecule has 2 aromatic carbocycles. The minimum atomic E-state index is 0.554. The number of rotatable bonds is 4. The van der Waals surface area contributed by atoms with Gasteiger partial charge in [0.05, 0.1) is 14.2 Å². The van der Waals surface area contributed by atoms with Gasteiger partial charge in [-0.25, -0.2) is 4.98 Å². The van der Waals surface area contributed by atoms with Gasteiger partial charge in [0.15, 0.2) is 0 Å². The van der Waals surface area contributed by atoms with Crippen molar-refractivity contribution in [3.63, 3.8) is 0 Å². The van der Waals surface area contributed by atoms with Crippen molar-refractivity contribution in [3.05, 3.63) is 95.1 Å². The summed E-state index contributed by atoms with van der Waals surface area (Å²) in [5.41, 5.74) is 7.50. The van der Waals surface area contributed by atoms with Gasteiger partial charge in [-0.1, -0.05) is 67.9 Å². The molecule has 1 heterocycles. The number of nitrogens with one attached hydrogen (secondary N) is 1. The average Bonchev–Trinajstić information content (AvgIpc) is 3.16. The lowest BCUT2D eigenvalue weighted by Gasteiger charge is -2.13. The molecule has 25 heavy (non-hydrogen) atoms. The maximum Gasteiger partial charge on any atom is 0.0921 e. The molecular formula is C22H25BN2. The normalized spacial score (nSPS) is 9.88. The van der Waals surface area contributed by atoms with Crippen LogP contribution in [0.3, 0.4) is 0 Å². The molecule has 0 aliphatic rings. The summed E-state index contributed by atoms with van der Waals surface area (Å²) in [5, 5.41) is 0. The van der Waals surface area contributed by atoms with Crippen LogP contribution in [-0.4, -0.2) is 17.8 Å². The van der Waals surface area contributed by atoms with Crippen LogP contribution in [0.4, 0.5) is 0 Å². The van der Waals surface area contributed by atoms with Gasteiger partial charge in [0, 0.05) is 11.9 Å². The second-order valence-electron chi connectivity index (χ2n) is 5.91. The Morgan fingerprint density at radius 2 is 1.56 bits per heavy atom. The molecule has 3 heteroatoms.